The van der Waals surface area contributed by atoms with Gasteiger partial charge in [0.05, 0.1) is 4.90 Å². The maximum atomic E-state index is 12.6. The number of carbonyl (C=O) groups is 1. The van der Waals surface area contributed by atoms with E-state index in [1.165, 1.54) is 12.4 Å². The molecular formula is C23H20N6O3S. The van der Waals surface area contributed by atoms with Crippen molar-refractivity contribution in [3.05, 3.63) is 96.6 Å². The van der Waals surface area contributed by atoms with Crippen LogP contribution in [0.5, 0.6) is 0 Å². The average molecular weight is 461 g/mol. The smallest absolute Gasteiger partial charge is 0.275 e. The summed E-state index contributed by atoms with van der Waals surface area (Å²) in [7, 11) is -3.87. The van der Waals surface area contributed by atoms with Gasteiger partial charge >= 0.3 is 0 Å². The summed E-state index contributed by atoms with van der Waals surface area (Å²) in [5.74, 6) is -0.459. The molecule has 6 N–H and O–H groups in total. The third kappa shape index (κ3) is 4.81. The lowest BCUT2D eigenvalue weighted by molar-refractivity contribution is 0.102. The second-order valence-electron chi connectivity index (χ2n) is 7.20. The second kappa shape index (κ2) is 8.69. The average Bonchev–Trinajstić information content (AvgIpc) is 3.30. The number of nitrogen functional groups attached to an aromatic ring is 1. The Kier molecular flexibility index (Phi) is 5.78. The van der Waals surface area contributed by atoms with Crippen LogP contribution in [0, 0.1) is 5.41 Å². The van der Waals surface area contributed by atoms with E-state index in [0.717, 1.165) is 0 Å². The number of aromatic nitrogens is 2. The zero-order valence-electron chi connectivity index (χ0n) is 17.3. The van der Waals surface area contributed by atoms with E-state index in [-0.39, 0.29) is 16.4 Å². The topological polar surface area (TPSA) is 157 Å². The van der Waals surface area contributed by atoms with Gasteiger partial charge in [0, 0.05) is 28.7 Å². The van der Waals surface area contributed by atoms with E-state index in [2.05, 4.69) is 10.3 Å². The summed E-state index contributed by atoms with van der Waals surface area (Å²) in [4.78, 5) is 16.8. The molecule has 0 unspecified atom stereocenters. The standard InChI is InChI=1S/C23H20N6O3S/c24-22(25)16-4-3-5-18(12-16)29-13-20(27-14-29)23(30)28-17-10-8-15(9-11-17)19-6-1-2-7-21(19)33(26,31)32/h1-14H,(H3,24,25)(H,28,30)(H2,26,31,32). The minimum atomic E-state index is -3.87. The third-order valence-corrected chi connectivity index (χ3v) is 5.89. The van der Waals surface area contributed by atoms with Crippen molar-refractivity contribution in [3.8, 4) is 16.8 Å². The molecule has 0 aliphatic carbocycles. The van der Waals surface area contributed by atoms with Crippen LogP contribution in [0.3, 0.4) is 0 Å². The fourth-order valence-corrected chi connectivity index (χ4v) is 4.06. The number of hydrogen-bond donors (Lipinski definition) is 4. The molecule has 3 aromatic carbocycles. The largest absolute Gasteiger partial charge is 0.384 e. The minimum Gasteiger partial charge on any atom is -0.384 e. The molecule has 1 amide bonds. The molecule has 0 atom stereocenters. The quantitative estimate of drug-likeness (QED) is 0.257. The molecule has 1 aromatic heterocycles. The SMILES string of the molecule is N=C(N)c1cccc(-n2cnc(C(=O)Nc3ccc(-c4ccccc4S(N)(=O)=O)cc3)c2)c1. The predicted octanol–water partition coefficient (Wildman–Crippen LogP) is 2.72. The number of rotatable bonds is 6. The van der Waals surface area contributed by atoms with Gasteiger partial charge in [-0.1, -0.05) is 42.5 Å². The van der Waals surface area contributed by atoms with E-state index in [4.69, 9.17) is 16.3 Å². The minimum absolute atomic E-state index is 0.0289. The second-order valence-corrected chi connectivity index (χ2v) is 8.73. The van der Waals surface area contributed by atoms with Gasteiger partial charge in [-0.25, -0.2) is 18.5 Å². The zero-order valence-corrected chi connectivity index (χ0v) is 18.1. The van der Waals surface area contributed by atoms with Crippen LogP contribution in [0.15, 0.2) is 90.2 Å². The Morgan fingerprint density at radius 1 is 1.00 bits per heavy atom. The molecule has 9 nitrogen and oxygen atoms in total. The van der Waals surface area contributed by atoms with Crippen LogP contribution in [-0.4, -0.2) is 29.7 Å². The van der Waals surface area contributed by atoms with E-state index in [9.17, 15) is 13.2 Å². The molecule has 0 saturated carbocycles. The molecular weight excluding hydrogens is 440 g/mol. The van der Waals surface area contributed by atoms with Crippen LogP contribution in [0.4, 0.5) is 5.69 Å². The zero-order chi connectivity index (χ0) is 23.6. The molecule has 0 spiro atoms. The fourth-order valence-electron chi connectivity index (χ4n) is 3.30. The van der Waals surface area contributed by atoms with Gasteiger partial charge in [0.25, 0.3) is 5.91 Å². The summed E-state index contributed by atoms with van der Waals surface area (Å²) in [5.41, 5.74) is 8.66. The Bertz CT molecular complexity index is 1460. The van der Waals surface area contributed by atoms with Gasteiger partial charge in [-0.3, -0.25) is 10.2 Å². The molecule has 0 radical (unpaired) electrons. The van der Waals surface area contributed by atoms with Gasteiger partial charge in [-0.2, -0.15) is 0 Å². The van der Waals surface area contributed by atoms with E-state index in [1.807, 2.05) is 6.07 Å². The first-order chi connectivity index (χ1) is 15.7. The first kappa shape index (κ1) is 21.9. The van der Waals surface area contributed by atoms with Gasteiger partial charge in [-0.05, 0) is 35.9 Å². The number of hydrogen-bond acceptors (Lipinski definition) is 5. The first-order valence-corrected chi connectivity index (χ1v) is 11.3. The molecule has 4 aromatic rings. The van der Waals surface area contributed by atoms with Crippen molar-refractivity contribution in [1.29, 1.82) is 5.41 Å². The molecule has 0 aliphatic rings. The number of sulfonamides is 1. The van der Waals surface area contributed by atoms with E-state index in [0.29, 0.717) is 28.1 Å². The summed E-state index contributed by atoms with van der Waals surface area (Å²) >= 11 is 0. The van der Waals surface area contributed by atoms with Crippen molar-refractivity contribution < 1.29 is 13.2 Å². The summed E-state index contributed by atoms with van der Waals surface area (Å²) in [6, 6.07) is 20.2. The van der Waals surface area contributed by atoms with Crippen molar-refractivity contribution in [2.24, 2.45) is 10.9 Å². The maximum absolute atomic E-state index is 12.6. The van der Waals surface area contributed by atoms with Gasteiger partial charge < -0.3 is 15.6 Å². The van der Waals surface area contributed by atoms with Crippen LogP contribution >= 0.6 is 0 Å². The molecule has 4 rings (SSSR count). The van der Waals surface area contributed by atoms with Crippen LogP contribution in [0.25, 0.3) is 16.8 Å². The Morgan fingerprint density at radius 3 is 2.42 bits per heavy atom. The molecule has 1 heterocycles. The molecule has 0 saturated heterocycles. The monoisotopic (exact) mass is 460 g/mol. The van der Waals surface area contributed by atoms with E-state index >= 15 is 0 Å². The van der Waals surface area contributed by atoms with Crippen LogP contribution in [0.2, 0.25) is 0 Å². The number of nitrogens with zero attached hydrogens (tertiary/aromatic N) is 2. The summed E-state index contributed by atoms with van der Waals surface area (Å²) < 4.78 is 25.4. The maximum Gasteiger partial charge on any atom is 0.275 e. The highest BCUT2D eigenvalue weighted by molar-refractivity contribution is 7.89. The molecule has 0 fully saturated rings. The number of primary sulfonamides is 1. The van der Waals surface area contributed by atoms with Gasteiger partial charge in [0.15, 0.2) is 0 Å². The Labute approximate surface area is 190 Å². The first-order valence-electron chi connectivity index (χ1n) is 9.75. The number of amidine groups is 1. The Hall–Kier alpha value is -4.28. The molecule has 166 valence electrons. The van der Waals surface area contributed by atoms with Gasteiger partial charge in [-0.15, -0.1) is 0 Å². The number of nitrogens with two attached hydrogens (primary N) is 2. The highest BCUT2D eigenvalue weighted by Crippen LogP contribution is 2.27. The lowest BCUT2D eigenvalue weighted by atomic mass is 10.1. The highest BCUT2D eigenvalue weighted by Gasteiger charge is 2.15. The molecule has 0 bridgehead atoms. The van der Waals surface area contributed by atoms with Gasteiger partial charge in [0.2, 0.25) is 10.0 Å². The number of imidazole rings is 1. The van der Waals surface area contributed by atoms with Crippen molar-refractivity contribution in [2.45, 2.75) is 4.90 Å². The lowest BCUT2D eigenvalue weighted by Crippen LogP contribution is -2.13. The van der Waals surface area contributed by atoms with Crippen molar-refractivity contribution >= 4 is 27.5 Å². The predicted molar refractivity (Wildman–Crippen MR) is 126 cm³/mol. The van der Waals surface area contributed by atoms with Crippen molar-refractivity contribution in [3.63, 3.8) is 0 Å². The third-order valence-electron chi connectivity index (χ3n) is 4.92. The molecule has 10 heteroatoms. The van der Waals surface area contributed by atoms with Crippen LogP contribution in [0.1, 0.15) is 16.1 Å². The van der Waals surface area contributed by atoms with Crippen LogP contribution < -0.4 is 16.2 Å². The lowest BCUT2D eigenvalue weighted by Gasteiger charge is -2.09. The van der Waals surface area contributed by atoms with Crippen molar-refractivity contribution in [1.82, 2.24) is 9.55 Å². The number of amides is 1. The normalized spacial score (nSPS) is 11.2. The van der Waals surface area contributed by atoms with E-state index < -0.39 is 15.9 Å². The number of carbonyl (C=O) groups excluding carboxylic acids is 1. The Morgan fingerprint density at radius 2 is 1.73 bits per heavy atom. The van der Waals surface area contributed by atoms with Crippen molar-refractivity contribution in [2.75, 3.05) is 5.32 Å². The summed E-state index contributed by atoms with van der Waals surface area (Å²) in [5, 5.41) is 15.6. The van der Waals surface area contributed by atoms with Crippen LogP contribution in [-0.2, 0) is 10.0 Å². The number of nitrogens with one attached hydrogen (secondary N) is 2. The summed E-state index contributed by atoms with van der Waals surface area (Å²) in [6.07, 6.45) is 3.08. The number of benzene rings is 3. The summed E-state index contributed by atoms with van der Waals surface area (Å²) in [6.45, 7) is 0. The molecule has 33 heavy (non-hydrogen) atoms. The fraction of sp³-hybridized carbons (Fsp3) is 0. The molecule has 0 aliphatic heterocycles. The van der Waals surface area contributed by atoms with E-state index in [1.54, 1.807) is 71.4 Å². The Balaban J connectivity index is 1.52. The van der Waals surface area contributed by atoms with Gasteiger partial charge in [0.1, 0.15) is 17.9 Å². The number of anilines is 1. The highest BCUT2D eigenvalue weighted by atomic mass is 32.2.